The van der Waals surface area contributed by atoms with E-state index in [1.807, 2.05) is 17.4 Å². The molecule has 17 heavy (non-hydrogen) atoms. The minimum absolute atomic E-state index is 0.360. The summed E-state index contributed by atoms with van der Waals surface area (Å²) in [5.41, 5.74) is 1.46. The molecule has 2 heterocycles. The van der Waals surface area contributed by atoms with Crippen LogP contribution in [0.5, 0.6) is 0 Å². The molecule has 0 bridgehead atoms. The van der Waals surface area contributed by atoms with Gasteiger partial charge in [0.05, 0.1) is 4.34 Å². The molecule has 1 N–H and O–H groups in total. The van der Waals surface area contributed by atoms with E-state index in [0.717, 1.165) is 17.3 Å². The molecule has 0 radical (unpaired) electrons. The van der Waals surface area contributed by atoms with E-state index >= 15 is 0 Å². The number of hydrogen-bond acceptors (Lipinski definition) is 3. The fourth-order valence-electron chi connectivity index (χ4n) is 1.74. The van der Waals surface area contributed by atoms with Gasteiger partial charge in [0.15, 0.2) is 0 Å². The maximum atomic E-state index is 5.94. The predicted molar refractivity (Wildman–Crippen MR) is 78.3 cm³/mol. The first-order valence-corrected chi connectivity index (χ1v) is 7.82. The topological polar surface area (TPSA) is 12.0 Å². The number of rotatable bonds is 5. The Morgan fingerprint density at radius 3 is 2.82 bits per heavy atom. The van der Waals surface area contributed by atoms with Crippen molar-refractivity contribution in [2.75, 3.05) is 0 Å². The van der Waals surface area contributed by atoms with Gasteiger partial charge in [-0.25, -0.2) is 0 Å². The lowest BCUT2D eigenvalue weighted by atomic mass is 10.2. The number of hydrogen-bond donors (Lipinski definition) is 1. The Morgan fingerprint density at radius 1 is 1.35 bits per heavy atom. The first kappa shape index (κ1) is 13.1. The van der Waals surface area contributed by atoms with Crippen molar-refractivity contribution in [1.29, 1.82) is 0 Å². The third-order valence-electron chi connectivity index (χ3n) is 2.81. The summed E-state index contributed by atoms with van der Waals surface area (Å²) >= 11 is 9.43. The van der Waals surface area contributed by atoms with Crippen molar-refractivity contribution < 1.29 is 0 Å². The van der Waals surface area contributed by atoms with Crippen LogP contribution in [-0.2, 0) is 13.0 Å². The Labute approximate surface area is 115 Å². The molecule has 1 unspecified atom stereocenters. The third kappa shape index (κ3) is 3.32. The number of halogens is 1. The van der Waals surface area contributed by atoms with Crippen LogP contribution in [0.4, 0.5) is 0 Å². The molecule has 92 valence electrons. The molecule has 0 aliphatic carbocycles. The molecular weight excluding hydrogens is 270 g/mol. The van der Waals surface area contributed by atoms with E-state index < -0.39 is 0 Å². The normalized spacial score (nSPS) is 12.9. The Balaban J connectivity index is 1.94. The molecule has 0 aliphatic rings. The summed E-state index contributed by atoms with van der Waals surface area (Å²) in [7, 11) is 0. The van der Waals surface area contributed by atoms with E-state index in [2.05, 4.69) is 36.7 Å². The van der Waals surface area contributed by atoms with Crippen molar-refractivity contribution in [1.82, 2.24) is 5.32 Å². The van der Waals surface area contributed by atoms with E-state index in [0.29, 0.717) is 6.04 Å². The second kappa shape index (κ2) is 6.01. The van der Waals surface area contributed by atoms with E-state index in [4.69, 9.17) is 11.6 Å². The molecule has 2 aromatic rings. The molecule has 0 spiro atoms. The van der Waals surface area contributed by atoms with Crippen molar-refractivity contribution in [2.24, 2.45) is 0 Å². The van der Waals surface area contributed by atoms with Crippen molar-refractivity contribution in [3.8, 4) is 0 Å². The summed E-state index contributed by atoms with van der Waals surface area (Å²) in [5.74, 6) is 0. The van der Waals surface area contributed by atoms with Crippen molar-refractivity contribution in [2.45, 2.75) is 32.9 Å². The molecule has 2 aromatic heterocycles. The van der Waals surface area contributed by atoms with Gasteiger partial charge in [-0.15, -0.1) is 22.7 Å². The standard InChI is InChI=1S/C13H16ClNS2/c1-3-10-6-7-16-12(10)8-15-9(2)11-4-5-13(14)17-11/h4-7,9,15H,3,8H2,1-2H3. The highest BCUT2D eigenvalue weighted by Crippen LogP contribution is 2.27. The van der Waals surface area contributed by atoms with E-state index in [1.54, 1.807) is 11.3 Å². The lowest BCUT2D eigenvalue weighted by Crippen LogP contribution is -2.17. The average Bonchev–Trinajstić information content (AvgIpc) is 2.94. The van der Waals surface area contributed by atoms with E-state index in [1.165, 1.54) is 15.3 Å². The molecule has 0 saturated heterocycles. The molecule has 0 amide bonds. The molecule has 0 saturated carbocycles. The summed E-state index contributed by atoms with van der Waals surface area (Å²) < 4.78 is 0.860. The molecular formula is C13H16ClNS2. The Hall–Kier alpha value is -0.350. The Bertz CT molecular complexity index is 475. The largest absolute Gasteiger partial charge is 0.305 e. The van der Waals surface area contributed by atoms with Crippen LogP contribution in [0.3, 0.4) is 0 Å². The van der Waals surface area contributed by atoms with Crippen LogP contribution in [-0.4, -0.2) is 0 Å². The molecule has 4 heteroatoms. The molecule has 0 aliphatic heterocycles. The maximum Gasteiger partial charge on any atom is 0.0931 e. The lowest BCUT2D eigenvalue weighted by Gasteiger charge is -2.11. The summed E-state index contributed by atoms with van der Waals surface area (Å²) in [4.78, 5) is 2.74. The van der Waals surface area contributed by atoms with Crippen LogP contribution in [0.25, 0.3) is 0 Å². The van der Waals surface area contributed by atoms with Gasteiger partial charge < -0.3 is 5.32 Å². The van der Waals surface area contributed by atoms with Gasteiger partial charge in [0, 0.05) is 22.3 Å². The van der Waals surface area contributed by atoms with Gasteiger partial charge in [0.2, 0.25) is 0 Å². The van der Waals surface area contributed by atoms with Crippen molar-refractivity contribution in [3.05, 3.63) is 43.2 Å². The fourth-order valence-corrected chi connectivity index (χ4v) is 3.76. The lowest BCUT2D eigenvalue weighted by molar-refractivity contribution is 0.585. The molecule has 1 nitrogen and oxygen atoms in total. The second-order valence-corrected chi connectivity index (χ2v) is 6.71. The predicted octanol–water partition coefficient (Wildman–Crippen LogP) is 4.88. The summed E-state index contributed by atoms with van der Waals surface area (Å²) in [6.45, 7) is 5.33. The van der Waals surface area contributed by atoms with Crippen LogP contribution in [0.2, 0.25) is 4.34 Å². The highest BCUT2D eigenvalue weighted by molar-refractivity contribution is 7.16. The third-order valence-corrected chi connectivity index (χ3v) is 5.19. The highest BCUT2D eigenvalue weighted by Gasteiger charge is 2.09. The first-order chi connectivity index (χ1) is 8.20. The quantitative estimate of drug-likeness (QED) is 0.826. The van der Waals surface area contributed by atoms with Gasteiger partial charge in [-0.1, -0.05) is 18.5 Å². The van der Waals surface area contributed by atoms with Crippen LogP contribution in [0, 0.1) is 0 Å². The van der Waals surface area contributed by atoms with Gasteiger partial charge in [-0.05, 0) is 42.5 Å². The molecule has 2 rings (SSSR count). The second-order valence-electron chi connectivity index (χ2n) is 3.97. The summed E-state index contributed by atoms with van der Waals surface area (Å²) in [6, 6.07) is 6.63. The van der Waals surface area contributed by atoms with Crippen molar-refractivity contribution >= 4 is 34.3 Å². The zero-order valence-corrected chi connectivity index (χ0v) is 12.4. The average molecular weight is 286 g/mol. The SMILES string of the molecule is CCc1ccsc1CNC(C)c1ccc(Cl)s1. The molecule has 0 aromatic carbocycles. The molecule has 0 fully saturated rings. The van der Waals surface area contributed by atoms with E-state index in [9.17, 15) is 0 Å². The smallest absolute Gasteiger partial charge is 0.0931 e. The van der Waals surface area contributed by atoms with Crippen LogP contribution >= 0.6 is 34.3 Å². The Morgan fingerprint density at radius 2 is 2.18 bits per heavy atom. The van der Waals surface area contributed by atoms with Gasteiger partial charge in [0.25, 0.3) is 0 Å². The van der Waals surface area contributed by atoms with Crippen LogP contribution in [0.1, 0.15) is 35.2 Å². The van der Waals surface area contributed by atoms with Crippen LogP contribution < -0.4 is 5.32 Å². The van der Waals surface area contributed by atoms with Gasteiger partial charge in [-0.3, -0.25) is 0 Å². The fraction of sp³-hybridized carbons (Fsp3) is 0.385. The van der Waals surface area contributed by atoms with E-state index in [-0.39, 0.29) is 0 Å². The first-order valence-electron chi connectivity index (χ1n) is 5.74. The Kier molecular flexibility index (Phi) is 4.62. The zero-order chi connectivity index (χ0) is 12.3. The van der Waals surface area contributed by atoms with Crippen molar-refractivity contribution in [3.63, 3.8) is 0 Å². The number of aryl methyl sites for hydroxylation is 1. The van der Waals surface area contributed by atoms with Crippen LogP contribution in [0.15, 0.2) is 23.6 Å². The number of thiophene rings is 2. The minimum atomic E-state index is 0.360. The number of nitrogens with one attached hydrogen (secondary N) is 1. The molecule has 1 atom stereocenters. The summed E-state index contributed by atoms with van der Waals surface area (Å²) in [5, 5.41) is 5.72. The van der Waals surface area contributed by atoms with Gasteiger partial charge >= 0.3 is 0 Å². The highest BCUT2D eigenvalue weighted by atomic mass is 35.5. The maximum absolute atomic E-state index is 5.94. The van der Waals surface area contributed by atoms with Gasteiger partial charge in [-0.2, -0.15) is 0 Å². The zero-order valence-electron chi connectivity index (χ0n) is 10.00. The van der Waals surface area contributed by atoms with Gasteiger partial charge in [0.1, 0.15) is 0 Å². The monoisotopic (exact) mass is 285 g/mol. The summed E-state index contributed by atoms with van der Waals surface area (Å²) in [6.07, 6.45) is 1.11. The minimum Gasteiger partial charge on any atom is -0.305 e.